The summed E-state index contributed by atoms with van der Waals surface area (Å²) in [6.07, 6.45) is 6.06. The lowest BCUT2D eigenvalue weighted by Gasteiger charge is -2.01. The summed E-state index contributed by atoms with van der Waals surface area (Å²) < 4.78 is 13.1. The van der Waals surface area contributed by atoms with Crippen molar-refractivity contribution >= 4 is 0 Å². The monoisotopic (exact) mass is 190 g/mol. The second kappa shape index (κ2) is 5.92. The maximum absolute atomic E-state index is 13.1. The van der Waals surface area contributed by atoms with Crippen molar-refractivity contribution in [1.82, 2.24) is 0 Å². The normalized spacial score (nSPS) is 11.4. The number of allylic oxidation sites excluding steroid dienone is 8. The fourth-order valence-electron chi connectivity index (χ4n) is 0.701. The SMILES string of the molecule is C=C/C=C(/F)C(=C)C(=C)/C=C\C(=C)C. The number of hydrogen-bond acceptors (Lipinski definition) is 0. The molecule has 74 valence electrons. The van der Waals surface area contributed by atoms with Gasteiger partial charge in [-0.3, -0.25) is 0 Å². The molecule has 0 nitrogen and oxygen atoms in total. The van der Waals surface area contributed by atoms with Crippen LogP contribution in [-0.2, 0) is 0 Å². The molecule has 0 aromatic heterocycles. The van der Waals surface area contributed by atoms with E-state index in [1.807, 2.05) is 6.92 Å². The lowest BCUT2D eigenvalue weighted by Crippen LogP contribution is -1.84. The van der Waals surface area contributed by atoms with E-state index >= 15 is 0 Å². The van der Waals surface area contributed by atoms with Crippen molar-refractivity contribution in [2.45, 2.75) is 6.92 Å². The Balaban J connectivity index is 4.56. The minimum Gasteiger partial charge on any atom is -0.206 e. The molecule has 0 bridgehead atoms. The van der Waals surface area contributed by atoms with E-state index in [2.05, 4.69) is 26.3 Å². The van der Waals surface area contributed by atoms with E-state index in [9.17, 15) is 4.39 Å². The maximum atomic E-state index is 13.1. The van der Waals surface area contributed by atoms with Crippen molar-refractivity contribution < 1.29 is 4.39 Å². The highest BCUT2D eigenvalue weighted by Crippen LogP contribution is 2.18. The van der Waals surface area contributed by atoms with Gasteiger partial charge in [0, 0.05) is 5.57 Å². The molecule has 0 aliphatic rings. The van der Waals surface area contributed by atoms with Gasteiger partial charge in [-0.2, -0.15) is 0 Å². The maximum Gasteiger partial charge on any atom is 0.130 e. The van der Waals surface area contributed by atoms with Crippen LogP contribution in [0.3, 0.4) is 0 Å². The largest absolute Gasteiger partial charge is 0.206 e. The standard InChI is InChI=1S/C13H15F/c1-6-7-13(14)12(5)11(4)9-8-10(2)3/h6-9H,1-2,4-5H2,3H3/b9-8-,13-7+. The van der Waals surface area contributed by atoms with Crippen LogP contribution in [0.5, 0.6) is 0 Å². The van der Waals surface area contributed by atoms with E-state index in [0.717, 1.165) is 5.57 Å². The summed E-state index contributed by atoms with van der Waals surface area (Å²) in [7, 11) is 0. The predicted molar refractivity (Wildman–Crippen MR) is 61.6 cm³/mol. The van der Waals surface area contributed by atoms with Crippen LogP contribution in [0.2, 0.25) is 0 Å². The summed E-state index contributed by atoms with van der Waals surface area (Å²) in [6, 6.07) is 0. The Hall–Kier alpha value is -1.63. The van der Waals surface area contributed by atoms with Gasteiger partial charge in [0.2, 0.25) is 0 Å². The molecule has 0 saturated heterocycles. The second-order valence-electron chi connectivity index (χ2n) is 2.93. The Morgan fingerprint density at radius 3 is 2.14 bits per heavy atom. The van der Waals surface area contributed by atoms with Gasteiger partial charge in [0.15, 0.2) is 0 Å². The van der Waals surface area contributed by atoms with E-state index in [1.54, 1.807) is 12.2 Å². The van der Waals surface area contributed by atoms with Gasteiger partial charge >= 0.3 is 0 Å². The van der Waals surface area contributed by atoms with Gasteiger partial charge in [-0.15, -0.1) is 0 Å². The van der Waals surface area contributed by atoms with Gasteiger partial charge in [0.05, 0.1) is 0 Å². The van der Waals surface area contributed by atoms with Crippen molar-refractivity contribution in [3.63, 3.8) is 0 Å². The Labute approximate surface area is 85.1 Å². The highest BCUT2D eigenvalue weighted by Gasteiger charge is 2.01. The third-order valence-electron chi connectivity index (χ3n) is 1.51. The fourth-order valence-corrected chi connectivity index (χ4v) is 0.701. The van der Waals surface area contributed by atoms with Crippen LogP contribution < -0.4 is 0 Å². The Morgan fingerprint density at radius 2 is 1.71 bits per heavy atom. The molecule has 0 aromatic rings. The summed E-state index contributed by atoms with van der Waals surface area (Å²) in [4.78, 5) is 0. The van der Waals surface area contributed by atoms with E-state index in [4.69, 9.17) is 0 Å². The third kappa shape index (κ3) is 4.41. The number of rotatable bonds is 5. The predicted octanol–water partition coefficient (Wildman–Crippen LogP) is 4.27. The van der Waals surface area contributed by atoms with Gasteiger partial charge in [-0.1, -0.05) is 50.1 Å². The molecule has 0 heterocycles. The first-order chi connectivity index (χ1) is 6.49. The van der Waals surface area contributed by atoms with Crippen LogP contribution in [0.15, 0.2) is 73.2 Å². The first-order valence-corrected chi connectivity index (χ1v) is 4.19. The van der Waals surface area contributed by atoms with Gasteiger partial charge in [0.1, 0.15) is 5.83 Å². The van der Waals surface area contributed by atoms with Gasteiger partial charge < -0.3 is 0 Å². The number of halogens is 1. The molecule has 1 heteroatoms. The molecular formula is C13H15F. The fraction of sp³-hybridized carbons (Fsp3) is 0.0769. The van der Waals surface area contributed by atoms with Crippen LogP contribution in [0, 0.1) is 0 Å². The minimum atomic E-state index is -0.420. The molecule has 0 atom stereocenters. The zero-order valence-electron chi connectivity index (χ0n) is 8.52. The van der Waals surface area contributed by atoms with Crippen LogP contribution in [-0.4, -0.2) is 0 Å². The number of hydrogen-bond donors (Lipinski definition) is 0. The summed E-state index contributed by atoms with van der Waals surface area (Å²) in [5, 5.41) is 0. The molecule has 0 spiro atoms. The van der Waals surface area contributed by atoms with Crippen LogP contribution in [0.1, 0.15) is 6.92 Å². The molecule has 0 amide bonds. The quantitative estimate of drug-likeness (QED) is 0.568. The average Bonchev–Trinajstić information content (AvgIpc) is 2.13. The summed E-state index contributed by atoms with van der Waals surface area (Å²) in [5.74, 6) is -0.420. The Morgan fingerprint density at radius 1 is 1.14 bits per heavy atom. The van der Waals surface area contributed by atoms with Gasteiger partial charge in [-0.05, 0) is 18.6 Å². The molecule has 0 saturated carbocycles. The zero-order chi connectivity index (χ0) is 11.1. The van der Waals surface area contributed by atoms with Crippen LogP contribution >= 0.6 is 0 Å². The summed E-state index contributed by atoms with van der Waals surface area (Å²) in [5.41, 5.74) is 1.68. The Kier molecular flexibility index (Phi) is 5.23. The van der Waals surface area contributed by atoms with E-state index in [-0.39, 0.29) is 5.57 Å². The minimum absolute atomic E-state index is 0.266. The topological polar surface area (TPSA) is 0 Å². The van der Waals surface area contributed by atoms with Crippen molar-refractivity contribution in [3.8, 4) is 0 Å². The van der Waals surface area contributed by atoms with Gasteiger partial charge in [-0.25, -0.2) is 4.39 Å². The lowest BCUT2D eigenvalue weighted by molar-refractivity contribution is 0.656. The van der Waals surface area contributed by atoms with Crippen molar-refractivity contribution in [1.29, 1.82) is 0 Å². The Bertz CT molecular complexity index is 327. The lowest BCUT2D eigenvalue weighted by atomic mass is 10.1. The molecule has 0 radical (unpaired) electrons. The van der Waals surface area contributed by atoms with Crippen LogP contribution in [0.25, 0.3) is 0 Å². The molecular weight excluding hydrogens is 175 g/mol. The van der Waals surface area contributed by atoms with Crippen molar-refractivity contribution in [2.24, 2.45) is 0 Å². The highest BCUT2D eigenvalue weighted by atomic mass is 19.1. The summed E-state index contributed by atoms with van der Waals surface area (Å²) in [6.45, 7) is 16.2. The first kappa shape index (κ1) is 12.4. The van der Waals surface area contributed by atoms with Crippen LogP contribution in [0.4, 0.5) is 4.39 Å². The molecule has 0 rings (SSSR count). The zero-order valence-corrected chi connectivity index (χ0v) is 8.52. The molecule has 0 aliphatic carbocycles. The van der Waals surface area contributed by atoms with Crippen molar-refractivity contribution in [3.05, 3.63) is 73.2 Å². The van der Waals surface area contributed by atoms with E-state index < -0.39 is 5.83 Å². The average molecular weight is 190 g/mol. The highest BCUT2D eigenvalue weighted by molar-refractivity contribution is 5.47. The van der Waals surface area contributed by atoms with E-state index in [0.29, 0.717) is 5.57 Å². The van der Waals surface area contributed by atoms with Crippen molar-refractivity contribution in [2.75, 3.05) is 0 Å². The molecule has 0 N–H and O–H groups in total. The third-order valence-corrected chi connectivity index (χ3v) is 1.51. The second-order valence-corrected chi connectivity index (χ2v) is 2.93. The first-order valence-electron chi connectivity index (χ1n) is 4.19. The van der Waals surface area contributed by atoms with Gasteiger partial charge in [0.25, 0.3) is 0 Å². The molecule has 0 unspecified atom stereocenters. The van der Waals surface area contributed by atoms with E-state index in [1.165, 1.54) is 12.2 Å². The molecule has 0 aliphatic heterocycles. The molecule has 0 fully saturated rings. The smallest absolute Gasteiger partial charge is 0.130 e. The summed E-state index contributed by atoms with van der Waals surface area (Å²) >= 11 is 0. The molecule has 14 heavy (non-hydrogen) atoms. The molecule has 0 aromatic carbocycles.